The van der Waals surface area contributed by atoms with E-state index in [0.717, 1.165) is 15.5 Å². The highest BCUT2D eigenvalue weighted by molar-refractivity contribution is 9.11. The zero-order chi connectivity index (χ0) is 10.6. The van der Waals surface area contributed by atoms with Gasteiger partial charge in [0.15, 0.2) is 0 Å². The first-order valence-electron chi connectivity index (χ1n) is 4.53. The van der Waals surface area contributed by atoms with Gasteiger partial charge in [-0.1, -0.05) is 37.9 Å². The van der Waals surface area contributed by atoms with Gasteiger partial charge in [0, 0.05) is 28.1 Å². The maximum absolute atomic E-state index is 5.44. The van der Waals surface area contributed by atoms with Crippen LogP contribution in [0.4, 0.5) is 0 Å². The van der Waals surface area contributed by atoms with Gasteiger partial charge in [0.2, 0.25) is 0 Å². The average molecular weight is 322 g/mol. The molecule has 78 valence electrons. The molecule has 0 heterocycles. The summed E-state index contributed by atoms with van der Waals surface area (Å²) in [4.78, 5) is 0. The van der Waals surface area contributed by atoms with Crippen LogP contribution in [0.5, 0.6) is 0 Å². The Morgan fingerprint density at radius 2 is 2.14 bits per heavy atom. The van der Waals surface area contributed by atoms with Crippen LogP contribution in [0.25, 0.3) is 0 Å². The lowest BCUT2D eigenvalue weighted by molar-refractivity contribution is 0.580. The van der Waals surface area contributed by atoms with E-state index in [0.29, 0.717) is 12.6 Å². The molecule has 1 atom stereocenters. The van der Waals surface area contributed by atoms with Crippen LogP contribution in [0.15, 0.2) is 27.1 Å². The number of hydrogen-bond acceptors (Lipinski definition) is 2. The first kappa shape index (κ1) is 12.2. The molecule has 0 saturated heterocycles. The monoisotopic (exact) mass is 320 g/mol. The molecule has 1 unspecified atom stereocenters. The molecule has 1 aromatic carbocycles. The molecular weight excluding hydrogens is 308 g/mol. The predicted molar refractivity (Wildman–Crippen MR) is 67.3 cm³/mol. The molecule has 0 spiro atoms. The Hall–Kier alpha value is 0.1000. The zero-order valence-electron chi connectivity index (χ0n) is 8.06. The van der Waals surface area contributed by atoms with E-state index in [-0.39, 0.29) is 0 Å². The van der Waals surface area contributed by atoms with Gasteiger partial charge >= 0.3 is 0 Å². The number of nitrogens with two attached hydrogens (primary N) is 1. The van der Waals surface area contributed by atoms with Crippen LogP contribution in [-0.4, -0.2) is 13.1 Å². The van der Waals surface area contributed by atoms with Crippen molar-refractivity contribution in [2.45, 2.75) is 13.0 Å². The Balaban J connectivity index is 2.74. The molecule has 1 aromatic rings. The van der Waals surface area contributed by atoms with Crippen LogP contribution < -0.4 is 11.1 Å². The lowest BCUT2D eigenvalue weighted by Gasteiger charge is -2.15. The molecule has 3 N–H and O–H groups in total. The van der Waals surface area contributed by atoms with Gasteiger partial charge in [-0.05, 0) is 24.6 Å². The summed E-state index contributed by atoms with van der Waals surface area (Å²) in [5.41, 5.74) is 6.69. The fourth-order valence-corrected chi connectivity index (χ4v) is 2.65. The van der Waals surface area contributed by atoms with Crippen molar-refractivity contribution >= 4 is 31.9 Å². The molecular formula is C10H14Br2N2. The fourth-order valence-electron chi connectivity index (χ4n) is 1.26. The topological polar surface area (TPSA) is 38.0 Å². The van der Waals surface area contributed by atoms with Crippen LogP contribution in [0.1, 0.15) is 18.5 Å². The Morgan fingerprint density at radius 1 is 1.43 bits per heavy atom. The summed E-state index contributed by atoms with van der Waals surface area (Å²) in [6.07, 6.45) is 0. The number of benzene rings is 1. The van der Waals surface area contributed by atoms with E-state index in [4.69, 9.17) is 5.73 Å². The van der Waals surface area contributed by atoms with E-state index in [1.807, 2.05) is 6.07 Å². The second-order valence-electron chi connectivity index (χ2n) is 3.13. The molecule has 2 nitrogen and oxygen atoms in total. The van der Waals surface area contributed by atoms with Crippen molar-refractivity contribution in [3.05, 3.63) is 32.7 Å². The number of halogens is 2. The maximum atomic E-state index is 5.44. The van der Waals surface area contributed by atoms with E-state index in [2.05, 4.69) is 56.2 Å². The quantitative estimate of drug-likeness (QED) is 0.895. The van der Waals surface area contributed by atoms with Crippen molar-refractivity contribution < 1.29 is 0 Å². The van der Waals surface area contributed by atoms with Gasteiger partial charge in [-0.25, -0.2) is 0 Å². The molecule has 0 radical (unpaired) electrons. The van der Waals surface area contributed by atoms with Crippen LogP contribution in [0, 0.1) is 0 Å². The smallest absolute Gasteiger partial charge is 0.0303 e. The molecule has 0 aliphatic rings. The van der Waals surface area contributed by atoms with Crippen molar-refractivity contribution in [3.8, 4) is 0 Å². The fraction of sp³-hybridized carbons (Fsp3) is 0.400. The first-order chi connectivity index (χ1) is 6.65. The molecule has 4 heteroatoms. The third-order valence-electron chi connectivity index (χ3n) is 2.02. The molecule has 0 bridgehead atoms. The van der Waals surface area contributed by atoms with Gasteiger partial charge in [-0.2, -0.15) is 0 Å². The van der Waals surface area contributed by atoms with Gasteiger partial charge in [-0.15, -0.1) is 0 Å². The Morgan fingerprint density at radius 3 is 2.71 bits per heavy atom. The highest BCUT2D eigenvalue weighted by atomic mass is 79.9. The predicted octanol–water partition coefficient (Wildman–Crippen LogP) is 2.82. The molecule has 1 rings (SSSR count). The molecule has 14 heavy (non-hydrogen) atoms. The summed E-state index contributed by atoms with van der Waals surface area (Å²) >= 11 is 6.97. The minimum atomic E-state index is 0.320. The Bertz CT molecular complexity index is 302. The highest BCUT2D eigenvalue weighted by Crippen LogP contribution is 2.26. The molecule has 0 aromatic heterocycles. The second kappa shape index (κ2) is 5.85. The summed E-state index contributed by atoms with van der Waals surface area (Å²) in [6.45, 7) is 3.63. The van der Waals surface area contributed by atoms with E-state index in [1.165, 1.54) is 5.56 Å². The summed E-state index contributed by atoms with van der Waals surface area (Å²) in [5, 5.41) is 3.34. The van der Waals surface area contributed by atoms with Gasteiger partial charge < -0.3 is 11.1 Å². The zero-order valence-corrected chi connectivity index (χ0v) is 11.2. The van der Waals surface area contributed by atoms with Crippen molar-refractivity contribution in [2.75, 3.05) is 13.1 Å². The van der Waals surface area contributed by atoms with Crippen molar-refractivity contribution in [1.82, 2.24) is 5.32 Å². The van der Waals surface area contributed by atoms with Crippen LogP contribution in [-0.2, 0) is 0 Å². The summed E-state index contributed by atoms with van der Waals surface area (Å²) in [7, 11) is 0. The summed E-state index contributed by atoms with van der Waals surface area (Å²) < 4.78 is 2.20. The van der Waals surface area contributed by atoms with E-state index in [9.17, 15) is 0 Å². The number of hydrogen-bond donors (Lipinski definition) is 2. The highest BCUT2D eigenvalue weighted by Gasteiger charge is 2.07. The number of rotatable bonds is 4. The first-order valence-corrected chi connectivity index (χ1v) is 6.12. The maximum Gasteiger partial charge on any atom is 0.0303 e. The molecule has 0 aliphatic heterocycles. The van der Waals surface area contributed by atoms with Gasteiger partial charge in [0.25, 0.3) is 0 Å². The Kier molecular flexibility index (Phi) is 5.09. The van der Waals surface area contributed by atoms with Crippen LogP contribution >= 0.6 is 31.9 Å². The molecule has 0 amide bonds. The minimum absolute atomic E-state index is 0.320. The van der Waals surface area contributed by atoms with Crippen molar-refractivity contribution in [3.63, 3.8) is 0 Å². The van der Waals surface area contributed by atoms with Crippen LogP contribution in [0.2, 0.25) is 0 Å². The molecule has 0 saturated carbocycles. The second-order valence-corrected chi connectivity index (χ2v) is 4.90. The SMILES string of the molecule is CC(NCCN)c1ccc(Br)cc1Br. The third kappa shape index (κ3) is 3.35. The van der Waals surface area contributed by atoms with Gasteiger partial charge in [-0.3, -0.25) is 0 Å². The number of nitrogens with one attached hydrogen (secondary N) is 1. The standard InChI is InChI=1S/C10H14Br2N2/c1-7(14-5-4-13)9-3-2-8(11)6-10(9)12/h2-3,6-7,14H,4-5,13H2,1H3. The lowest BCUT2D eigenvalue weighted by Crippen LogP contribution is -2.25. The van der Waals surface area contributed by atoms with E-state index in [1.54, 1.807) is 0 Å². The van der Waals surface area contributed by atoms with Crippen LogP contribution in [0.3, 0.4) is 0 Å². The third-order valence-corrected chi connectivity index (χ3v) is 3.20. The van der Waals surface area contributed by atoms with Gasteiger partial charge in [0.1, 0.15) is 0 Å². The molecule has 0 fully saturated rings. The lowest BCUT2D eigenvalue weighted by atomic mass is 10.1. The normalized spacial score (nSPS) is 12.9. The molecule has 0 aliphatic carbocycles. The summed E-state index contributed by atoms with van der Waals surface area (Å²) in [5.74, 6) is 0. The van der Waals surface area contributed by atoms with E-state index < -0.39 is 0 Å². The largest absolute Gasteiger partial charge is 0.329 e. The van der Waals surface area contributed by atoms with Crippen molar-refractivity contribution in [2.24, 2.45) is 5.73 Å². The average Bonchev–Trinajstić information content (AvgIpc) is 2.14. The minimum Gasteiger partial charge on any atom is -0.329 e. The Labute approximate surface area is 102 Å². The van der Waals surface area contributed by atoms with Crippen molar-refractivity contribution in [1.29, 1.82) is 0 Å². The summed E-state index contributed by atoms with van der Waals surface area (Å²) in [6, 6.07) is 6.51. The van der Waals surface area contributed by atoms with E-state index >= 15 is 0 Å². The van der Waals surface area contributed by atoms with Gasteiger partial charge in [0.05, 0.1) is 0 Å².